The molecule has 1 saturated carbocycles. The van der Waals surface area contributed by atoms with Crippen LogP contribution in [0.2, 0.25) is 5.02 Å². The molecule has 0 aromatic heterocycles. The normalized spacial score (nSPS) is 21.3. The average molecular weight is 378 g/mol. The van der Waals surface area contributed by atoms with E-state index < -0.39 is 0 Å². The van der Waals surface area contributed by atoms with Crippen molar-refractivity contribution >= 4 is 29.1 Å². The van der Waals surface area contributed by atoms with Gasteiger partial charge in [-0.1, -0.05) is 43.0 Å². The van der Waals surface area contributed by atoms with Crippen LogP contribution in [0, 0.1) is 5.92 Å². The number of benzene rings is 1. The summed E-state index contributed by atoms with van der Waals surface area (Å²) in [7, 11) is 0. The number of amides is 2. The molecule has 1 saturated heterocycles. The molecule has 3 rings (SSSR count). The lowest BCUT2D eigenvalue weighted by Gasteiger charge is -2.33. The zero-order chi connectivity index (χ0) is 18.4. The number of carbonyl (C=O) groups is 2. The van der Waals surface area contributed by atoms with E-state index in [0.717, 1.165) is 37.9 Å². The minimum absolute atomic E-state index is 0.0140. The van der Waals surface area contributed by atoms with Crippen LogP contribution < -0.4 is 10.6 Å². The molecule has 1 heterocycles. The standard InChI is InChI=1S/C20H28ClN3O2/c21-17-10-4-5-11-18(17)22-13-19(25)24-12-6-7-15(14-24)20(26)23-16-8-2-1-3-9-16/h4-5,10-11,15-16,22H,1-3,6-9,12-14H2,(H,23,26). The molecule has 2 fully saturated rings. The Balaban J connectivity index is 1.48. The van der Waals surface area contributed by atoms with E-state index in [9.17, 15) is 9.59 Å². The van der Waals surface area contributed by atoms with Crippen LogP contribution in [0.3, 0.4) is 0 Å². The third kappa shape index (κ3) is 5.13. The molecule has 1 aromatic rings. The molecule has 0 bridgehead atoms. The summed E-state index contributed by atoms with van der Waals surface area (Å²) in [5, 5.41) is 6.90. The highest BCUT2D eigenvalue weighted by molar-refractivity contribution is 6.33. The Bertz CT molecular complexity index is 631. The Morgan fingerprint density at radius 3 is 2.62 bits per heavy atom. The van der Waals surface area contributed by atoms with Crippen molar-refractivity contribution in [3.8, 4) is 0 Å². The van der Waals surface area contributed by atoms with Gasteiger partial charge in [0.25, 0.3) is 0 Å². The first kappa shape index (κ1) is 19.0. The summed E-state index contributed by atoms with van der Waals surface area (Å²) in [5.41, 5.74) is 0.756. The summed E-state index contributed by atoms with van der Waals surface area (Å²) < 4.78 is 0. The van der Waals surface area contributed by atoms with Crippen molar-refractivity contribution in [1.82, 2.24) is 10.2 Å². The third-order valence-corrected chi connectivity index (χ3v) is 5.73. The summed E-state index contributed by atoms with van der Waals surface area (Å²) in [4.78, 5) is 26.9. The van der Waals surface area contributed by atoms with Gasteiger partial charge in [0, 0.05) is 19.1 Å². The number of anilines is 1. The molecule has 1 unspecified atom stereocenters. The van der Waals surface area contributed by atoms with E-state index in [0.29, 0.717) is 17.6 Å². The minimum atomic E-state index is -0.0880. The van der Waals surface area contributed by atoms with E-state index in [1.54, 1.807) is 11.0 Å². The van der Waals surface area contributed by atoms with Crippen LogP contribution in [0.25, 0.3) is 0 Å². The number of piperidine rings is 1. The Morgan fingerprint density at radius 2 is 1.85 bits per heavy atom. The smallest absolute Gasteiger partial charge is 0.241 e. The fourth-order valence-electron chi connectivity index (χ4n) is 3.87. The number of hydrogen-bond acceptors (Lipinski definition) is 3. The molecule has 1 aliphatic heterocycles. The van der Waals surface area contributed by atoms with Gasteiger partial charge < -0.3 is 15.5 Å². The fourth-order valence-corrected chi connectivity index (χ4v) is 4.07. The maximum absolute atomic E-state index is 12.6. The van der Waals surface area contributed by atoms with Gasteiger partial charge in [0.2, 0.25) is 11.8 Å². The quantitative estimate of drug-likeness (QED) is 0.826. The van der Waals surface area contributed by atoms with Gasteiger partial charge in [0.15, 0.2) is 0 Å². The van der Waals surface area contributed by atoms with Gasteiger partial charge in [-0.3, -0.25) is 9.59 Å². The van der Waals surface area contributed by atoms with Crippen LogP contribution in [0.1, 0.15) is 44.9 Å². The second-order valence-corrected chi connectivity index (χ2v) is 7.76. The van der Waals surface area contributed by atoms with Gasteiger partial charge >= 0.3 is 0 Å². The van der Waals surface area contributed by atoms with Gasteiger partial charge in [-0.05, 0) is 37.8 Å². The first-order chi connectivity index (χ1) is 12.6. The lowest BCUT2D eigenvalue weighted by atomic mass is 9.93. The Labute approximate surface area is 160 Å². The number of likely N-dealkylation sites (tertiary alicyclic amines) is 1. The zero-order valence-electron chi connectivity index (χ0n) is 15.2. The molecule has 1 atom stereocenters. The number of nitrogens with one attached hydrogen (secondary N) is 2. The number of para-hydroxylation sites is 1. The van der Waals surface area contributed by atoms with E-state index in [2.05, 4.69) is 10.6 Å². The van der Waals surface area contributed by atoms with E-state index in [1.807, 2.05) is 18.2 Å². The van der Waals surface area contributed by atoms with Crippen LogP contribution in [-0.4, -0.2) is 42.4 Å². The number of halogens is 1. The van der Waals surface area contributed by atoms with Crippen molar-refractivity contribution in [2.24, 2.45) is 5.92 Å². The molecule has 26 heavy (non-hydrogen) atoms. The zero-order valence-corrected chi connectivity index (χ0v) is 15.9. The van der Waals surface area contributed by atoms with Crippen LogP contribution in [0.5, 0.6) is 0 Å². The minimum Gasteiger partial charge on any atom is -0.375 e. The SMILES string of the molecule is O=C(NC1CCCCC1)C1CCCN(C(=O)CNc2ccccc2Cl)C1. The van der Waals surface area contributed by atoms with Gasteiger partial charge in [-0.2, -0.15) is 0 Å². The Hall–Kier alpha value is -1.75. The van der Waals surface area contributed by atoms with Crippen LogP contribution in [0.4, 0.5) is 5.69 Å². The lowest BCUT2D eigenvalue weighted by Crippen LogP contribution is -2.49. The largest absolute Gasteiger partial charge is 0.375 e. The molecular weight excluding hydrogens is 350 g/mol. The van der Waals surface area contributed by atoms with Crippen LogP contribution >= 0.6 is 11.6 Å². The highest BCUT2D eigenvalue weighted by Crippen LogP contribution is 2.22. The first-order valence-corrected chi connectivity index (χ1v) is 10.1. The van der Waals surface area contributed by atoms with E-state index in [1.165, 1.54) is 19.3 Å². The summed E-state index contributed by atoms with van der Waals surface area (Å²) in [6, 6.07) is 7.71. The van der Waals surface area contributed by atoms with Crippen molar-refractivity contribution in [3.63, 3.8) is 0 Å². The second kappa shape index (κ2) is 9.26. The fraction of sp³-hybridized carbons (Fsp3) is 0.600. The highest BCUT2D eigenvalue weighted by atomic mass is 35.5. The summed E-state index contributed by atoms with van der Waals surface area (Å²) in [6.07, 6.45) is 7.59. The molecule has 0 radical (unpaired) electrons. The number of rotatable bonds is 5. The van der Waals surface area contributed by atoms with Gasteiger partial charge in [0.1, 0.15) is 0 Å². The molecule has 1 aliphatic carbocycles. The molecular formula is C20H28ClN3O2. The first-order valence-electron chi connectivity index (χ1n) is 9.70. The molecule has 142 valence electrons. The topological polar surface area (TPSA) is 61.4 Å². The van der Waals surface area contributed by atoms with E-state index >= 15 is 0 Å². The molecule has 5 nitrogen and oxygen atoms in total. The van der Waals surface area contributed by atoms with Crippen molar-refractivity contribution in [2.75, 3.05) is 25.0 Å². The van der Waals surface area contributed by atoms with Crippen LogP contribution in [-0.2, 0) is 9.59 Å². The lowest BCUT2D eigenvalue weighted by molar-refractivity contribution is -0.134. The maximum atomic E-state index is 12.6. The van der Waals surface area contributed by atoms with Gasteiger partial charge in [-0.15, -0.1) is 0 Å². The number of hydrogen-bond donors (Lipinski definition) is 2. The van der Waals surface area contributed by atoms with Crippen molar-refractivity contribution in [3.05, 3.63) is 29.3 Å². The molecule has 0 spiro atoms. The van der Waals surface area contributed by atoms with Gasteiger partial charge in [-0.25, -0.2) is 0 Å². The van der Waals surface area contributed by atoms with E-state index in [4.69, 9.17) is 11.6 Å². The van der Waals surface area contributed by atoms with Crippen molar-refractivity contribution in [1.29, 1.82) is 0 Å². The van der Waals surface area contributed by atoms with Crippen molar-refractivity contribution in [2.45, 2.75) is 51.0 Å². The number of carbonyl (C=O) groups excluding carboxylic acids is 2. The molecule has 2 N–H and O–H groups in total. The summed E-state index contributed by atoms with van der Waals surface area (Å²) in [5.74, 6) is 0.0449. The molecule has 2 amide bonds. The molecule has 6 heteroatoms. The predicted octanol–water partition coefficient (Wildman–Crippen LogP) is 3.44. The predicted molar refractivity (Wildman–Crippen MR) is 104 cm³/mol. The Morgan fingerprint density at radius 1 is 1.08 bits per heavy atom. The van der Waals surface area contributed by atoms with E-state index in [-0.39, 0.29) is 24.3 Å². The van der Waals surface area contributed by atoms with Gasteiger partial charge in [0.05, 0.1) is 23.2 Å². The average Bonchev–Trinajstić information content (AvgIpc) is 2.68. The monoisotopic (exact) mass is 377 g/mol. The molecule has 2 aliphatic rings. The summed E-state index contributed by atoms with van der Waals surface area (Å²) in [6.45, 7) is 1.43. The molecule has 1 aromatic carbocycles. The second-order valence-electron chi connectivity index (χ2n) is 7.36. The van der Waals surface area contributed by atoms with Crippen molar-refractivity contribution < 1.29 is 9.59 Å². The maximum Gasteiger partial charge on any atom is 0.241 e. The number of nitrogens with zero attached hydrogens (tertiary/aromatic N) is 1. The third-order valence-electron chi connectivity index (χ3n) is 5.40. The van der Waals surface area contributed by atoms with Crippen LogP contribution in [0.15, 0.2) is 24.3 Å². The highest BCUT2D eigenvalue weighted by Gasteiger charge is 2.29. The summed E-state index contributed by atoms with van der Waals surface area (Å²) >= 11 is 6.11. The Kier molecular flexibility index (Phi) is 6.78.